The van der Waals surface area contributed by atoms with Crippen molar-refractivity contribution in [2.45, 2.75) is 31.6 Å². The Morgan fingerprint density at radius 2 is 1.78 bits per heavy atom. The molecule has 4 nitrogen and oxygen atoms in total. The Bertz CT molecular complexity index is 792. The highest BCUT2D eigenvalue weighted by molar-refractivity contribution is 6.31. The SMILES string of the molecule is O=C(O)C(c1ccc(F)cc1Cl)N1CCC(OCc2ccc(F)cc2)CC1. The van der Waals surface area contributed by atoms with Crippen LogP contribution in [0.4, 0.5) is 8.78 Å². The monoisotopic (exact) mass is 395 g/mol. The first kappa shape index (κ1) is 19.7. The molecule has 1 aliphatic heterocycles. The third kappa shape index (κ3) is 5.03. The highest BCUT2D eigenvalue weighted by Crippen LogP contribution is 2.31. The lowest BCUT2D eigenvalue weighted by molar-refractivity contribution is -0.145. The quantitative estimate of drug-likeness (QED) is 0.786. The average Bonchev–Trinajstić information content (AvgIpc) is 2.64. The van der Waals surface area contributed by atoms with Crippen molar-refractivity contribution in [3.8, 4) is 0 Å². The largest absolute Gasteiger partial charge is 0.480 e. The number of likely N-dealkylation sites (tertiary alicyclic amines) is 1. The van der Waals surface area contributed by atoms with E-state index in [0.717, 1.165) is 11.6 Å². The summed E-state index contributed by atoms with van der Waals surface area (Å²) < 4.78 is 32.1. The summed E-state index contributed by atoms with van der Waals surface area (Å²) in [6.07, 6.45) is 1.34. The lowest BCUT2D eigenvalue weighted by atomic mass is 10.00. The van der Waals surface area contributed by atoms with Crippen molar-refractivity contribution >= 4 is 17.6 Å². The van der Waals surface area contributed by atoms with Crippen LogP contribution in [-0.4, -0.2) is 35.2 Å². The van der Waals surface area contributed by atoms with E-state index in [-0.39, 0.29) is 16.9 Å². The maximum absolute atomic E-state index is 13.3. The van der Waals surface area contributed by atoms with Crippen LogP contribution in [-0.2, 0) is 16.1 Å². The summed E-state index contributed by atoms with van der Waals surface area (Å²) in [4.78, 5) is 13.6. The molecule has 1 aliphatic rings. The van der Waals surface area contributed by atoms with Crippen LogP contribution in [0, 0.1) is 11.6 Å². The van der Waals surface area contributed by atoms with E-state index in [4.69, 9.17) is 16.3 Å². The maximum Gasteiger partial charge on any atom is 0.325 e. The number of benzene rings is 2. The van der Waals surface area contributed by atoms with Crippen LogP contribution in [0.5, 0.6) is 0 Å². The molecule has 3 rings (SSSR count). The Labute approximate surface area is 161 Å². The number of hydrogen-bond acceptors (Lipinski definition) is 3. The molecule has 1 fully saturated rings. The van der Waals surface area contributed by atoms with E-state index >= 15 is 0 Å². The molecule has 0 spiro atoms. The van der Waals surface area contributed by atoms with Crippen LogP contribution in [0.25, 0.3) is 0 Å². The molecule has 2 aromatic carbocycles. The molecule has 0 aromatic heterocycles. The van der Waals surface area contributed by atoms with Gasteiger partial charge in [0.1, 0.15) is 17.7 Å². The first-order chi connectivity index (χ1) is 12.9. The number of carboxylic acids is 1. The fourth-order valence-corrected chi connectivity index (χ4v) is 3.58. The average molecular weight is 396 g/mol. The Morgan fingerprint density at radius 3 is 2.37 bits per heavy atom. The fraction of sp³-hybridized carbons (Fsp3) is 0.350. The lowest BCUT2D eigenvalue weighted by Crippen LogP contribution is -2.42. The standard InChI is InChI=1S/C20H20ClF2NO3/c21-18-11-15(23)5-6-17(18)19(20(25)26)24-9-7-16(8-10-24)27-12-13-1-3-14(22)4-2-13/h1-6,11,16,19H,7-10,12H2,(H,25,26). The van der Waals surface area contributed by atoms with Crippen molar-refractivity contribution in [1.29, 1.82) is 0 Å². The molecule has 2 aromatic rings. The van der Waals surface area contributed by atoms with Crippen molar-refractivity contribution in [2.24, 2.45) is 0 Å². The van der Waals surface area contributed by atoms with Gasteiger partial charge < -0.3 is 9.84 Å². The van der Waals surface area contributed by atoms with Crippen molar-refractivity contribution in [3.63, 3.8) is 0 Å². The van der Waals surface area contributed by atoms with Gasteiger partial charge in [0, 0.05) is 18.1 Å². The van der Waals surface area contributed by atoms with Gasteiger partial charge in [0.25, 0.3) is 0 Å². The van der Waals surface area contributed by atoms with Gasteiger partial charge >= 0.3 is 5.97 Å². The third-order valence-electron chi connectivity index (χ3n) is 4.73. The minimum absolute atomic E-state index is 0.00411. The van der Waals surface area contributed by atoms with Crippen molar-refractivity contribution in [2.75, 3.05) is 13.1 Å². The summed E-state index contributed by atoms with van der Waals surface area (Å²) in [6.45, 7) is 1.44. The number of piperidine rings is 1. The number of carboxylic acid groups (broad SMARTS) is 1. The second-order valence-corrected chi connectivity index (χ2v) is 6.99. The van der Waals surface area contributed by atoms with Gasteiger partial charge in [-0.25, -0.2) is 8.78 Å². The zero-order chi connectivity index (χ0) is 19.4. The van der Waals surface area contributed by atoms with Crippen LogP contribution in [0.3, 0.4) is 0 Å². The van der Waals surface area contributed by atoms with Crippen LogP contribution in [0.15, 0.2) is 42.5 Å². The molecule has 0 aliphatic carbocycles. The van der Waals surface area contributed by atoms with E-state index < -0.39 is 17.8 Å². The predicted octanol–water partition coefficient (Wildman–Crippen LogP) is 4.43. The number of halogens is 3. The molecule has 0 bridgehead atoms. The Balaban J connectivity index is 1.59. The molecule has 1 N–H and O–H groups in total. The van der Waals surface area contributed by atoms with E-state index in [9.17, 15) is 18.7 Å². The van der Waals surface area contributed by atoms with Gasteiger partial charge in [-0.1, -0.05) is 29.8 Å². The molecule has 144 valence electrons. The zero-order valence-electron chi connectivity index (χ0n) is 14.6. The molecule has 0 radical (unpaired) electrons. The van der Waals surface area contributed by atoms with Gasteiger partial charge in [-0.15, -0.1) is 0 Å². The van der Waals surface area contributed by atoms with E-state index in [1.165, 1.54) is 24.3 Å². The van der Waals surface area contributed by atoms with Crippen molar-refractivity contribution < 1.29 is 23.4 Å². The topological polar surface area (TPSA) is 49.8 Å². The molecular weight excluding hydrogens is 376 g/mol. The van der Waals surface area contributed by atoms with Gasteiger partial charge in [-0.2, -0.15) is 0 Å². The Morgan fingerprint density at radius 1 is 1.15 bits per heavy atom. The van der Waals surface area contributed by atoms with E-state index in [0.29, 0.717) is 38.1 Å². The first-order valence-electron chi connectivity index (χ1n) is 8.72. The number of rotatable bonds is 6. The van der Waals surface area contributed by atoms with Crippen LogP contribution in [0.2, 0.25) is 5.02 Å². The van der Waals surface area contributed by atoms with Gasteiger partial charge in [0.15, 0.2) is 0 Å². The minimum atomic E-state index is -1.02. The van der Waals surface area contributed by atoms with Gasteiger partial charge in [-0.3, -0.25) is 9.69 Å². The normalized spacial score (nSPS) is 17.0. The second kappa shape index (κ2) is 8.78. The smallest absolute Gasteiger partial charge is 0.325 e. The van der Waals surface area contributed by atoms with Gasteiger partial charge in [0.2, 0.25) is 0 Å². The molecular formula is C20H20ClF2NO3. The first-order valence-corrected chi connectivity index (χ1v) is 9.09. The fourth-order valence-electron chi connectivity index (χ4n) is 3.30. The molecule has 0 saturated carbocycles. The van der Waals surface area contributed by atoms with Crippen LogP contribution < -0.4 is 0 Å². The van der Waals surface area contributed by atoms with E-state index in [2.05, 4.69) is 0 Å². The number of hydrogen-bond donors (Lipinski definition) is 1. The molecule has 0 amide bonds. The van der Waals surface area contributed by atoms with Crippen molar-refractivity contribution in [1.82, 2.24) is 4.90 Å². The van der Waals surface area contributed by atoms with Crippen LogP contribution in [0.1, 0.15) is 30.0 Å². The summed E-state index contributed by atoms with van der Waals surface area (Å²) >= 11 is 6.06. The third-order valence-corrected chi connectivity index (χ3v) is 5.06. The highest BCUT2D eigenvalue weighted by Gasteiger charge is 2.32. The number of nitrogens with zero attached hydrogens (tertiary/aromatic N) is 1. The lowest BCUT2D eigenvalue weighted by Gasteiger charge is -2.36. The number of aliphatic carboxylic acids is 1. The van der Waals surface area contributed by atoms with Crippen molar-refractivity contribution in [3.05, 3.63) is 70.2 Å². The summed E-state index contributed by atoms with van der Waals surface area (Å²) in [6, 6.07) is 9.00. The highest BCUT2D eigenvalue weighted by atomic mass is 35.5. The molecule has 7 heteroatoms. The molecule has 27 heavy (non-hydrogen) atoms. The minimum Gasteiger partial charge on any atom is -0.480 e. The van der Waals surface area contributed by atoms with Gasteiger partial charge in [-0.05, 0) is 48.2 Å². The van der Waals surface area contributed by atoms with E-state index in [1.54, 1.807) is 12.1 Å². The number of ether oxygens (including phenoxy) is 1. The zero-order valence-corrected chi connectivity index (χ0v) is 15.3. The summed E-state index contributed by atoms with van der Waals surface area (Å²) in [5.74, 6) is -1.80. The maximum atomic E-state index is 13.3. The molecule has 1 unspecified atom stereocenters. The van der Waals surface area contributed by atoms with E-state index in [1.807, 2.05) is 4.90 Å². The Kier molecular flexibility index (Phi) is 6.42. The summed E-state index contributed by atoms with van der Waals surface area (Å²) in [7, 11) is 0. The Hall–Kier alpha value is -2.02. The predicted molar refractivity (Wildman–Crippen MR) is 97.6 cm³/mol. The van der Waals surface area contributed by atoms with Gasteiger partial charge in [0.05, 0.1) is 12.7 Å². The number of carbonyl (C=O) groups is 1. The molecule has 1 heterocycles. The molecule has 1 saturated heterocycles. The summed E-state index contributed by atoms with van der Waals surface area (Å²) in [5.41, 5.74) is 1.27. The summed E-state index contributed by atoms with van der Waals surface area (Å²) in [5, 5.41) is 9.77. The molecule has 1 atom stereocenters. The second-order valence-electron chi connectivity index (χ2n) is 6.58. The van der Waals surface area contributed by atoms with Crippen LogP contribution >= 0.6 is 11.6 Å².